The first-order chi connectivity index (χ1) is 15.2. The van der Waals surface area contributed by atoms with Crippen LogP contribution in [0.4, 0.5) is 0 Å². The van der Waals surface area contributed by atoms with Crippen molar-refractivity contribution in [2.24, 2.45) is 0 Å². The Hall–Kier alpha value is -0.178. The second-order valence-corrected chi connectivity index (χ2v) is 14.4. The number of rotatable bonds is 7. The summed E-state index contributed by atoms with van der Waals surface area (Å²) >= 11 is 3.92. The first-order valence-corrected chi connectivity index (χ1v) is 15.0. The molecule has 0 amide bonds. The quantitative estimate of drug-likeness (QED) is 0.256. The molecule has 5 heteroatoms. The Kier molecular flexibility index (Phi) is 8.74. The van der Waals surface area contributed by atoms with E-state index in [0.717, 1.165) is 45.5 Å². The molecule has 0 spiro atoms. The molecule has 3 unspecified atom stereocenters. The van der Waals surface area contributed by atoms with E-state index in [1.165, 1.54) is 69.8 Å². The van der Waals surface area contributed by atoms with E-state index in [4.69, 9.17) is 9.47 Å². The van der Waals surface area contributed by atoms with Crippen molar-refractivity contribution in [3.8, 4) is 11.5 Å². The molecule has 0 radical (unpaired) electrons. The molecule has 31 heavy (non-hydrogen) atoms. The molecule has 0 N–H and O–H groups in total. The van der Waals surface area contributed by atoms with Crippen LogP contribution in [0.15, 0.2) is 36.4 Å². The van der Waals surface area contributed by atoms with Crippen LogP contribution in [-0.2, 0) is 19.2 Å². The fourth-order valence-corrected chi connectivity index (χ4v) is 12.1. The predicted molar refractivity (Wildman–Crippen MR) is 134 cm³/mol. The third kappa shape index (κ3) is 5.49. The van der Waals surface area contributed by atoms with E-state index in [1.54, 1.807) is 14.2 Å². The Balaban J connectivity index is 1.69. The van der Waals surface area contributed by atoms with Crippen LogP contribution in [0.1, 0.15) is 69.8 Å². The number of benzene rings is 1. The minimum atomic E-state index is 0.239. The summed E-state index contributed by atoms with van der Waals surface area (Å²) in [5, 5.41) is 0. The van der Waals surface area contributed by atoms with E-state index in [-0.39, 0.29) is 4.90 Å². The number of hydrogen-bond donors (Lipinski definition) is 0. The minimum absolute atomic E-state index is 0.239. The monoisotopic (exact) mass is 549 g/mol. The van der Waals surface area contributed by atoms with Gasteiger partial charge in [-0.1, -0.05) is 0 Å². The summed E-state index contributed by atoms with van der Waals surface area (Å²) in [4.78, 5) is 0.239. The molecule has 0 bridgehead atoms. The summed E-state index contributed by atoms with van der Waals surface area (Å²) in [6, 6.07) is 6.15. The molecular formula is C26H37O2P2Pd. The van der Waals surface area contributed by atoms with Crippen molar-refractivity contribution in [3.05, 3.63) is 42.0 Å². The molecule has 3 aliphatic carbocycles. The van der Waals surface area contributed by atoms with Crippen molar-refractivity contribution in [1.29, 1.82) is 0 Å². The van der Waals surface area contributed by atoms with Gasteiger partial charge in [0, 0.05) is 0 Å². The maximum absolute atomic E-state index is 5.80. The normalized spacial score (nSPS) is 28.5. The van der Waals surface area contributed by atoms with Crippen LogP contribution in [0.3, 0.4) is 0 Å². The molecule has 0 heterocycles. The predicted octanol–water partition coefficient (Wildman–Crippen LogP) is 7.71. The Morgan fingerprint density at radius 1 is 0.839 bits per heavy atom. The molecule has 173 valence electrons. The molecule has 2 nitrogen and oxygen atoms in total. The molecule has 3 aliphatic rings. The third-order valence-corrected chi connectivity index (χ3v) is 13.8. The molecule has 2 fully saturated rings. The molecular weight excluding hydrogens is 513 g/mol. The molecule has 1 aromatic rings. The molecule has 1 aromatic carbocycles. The van der Waals surface area contributed by atoms with Crippen molar-refractivity contribution in [2.45, 2.75) is 84.8 Å². The summed E-state index contributed by atoms with van der Waals surface area (Å²) in [6.07, 6.45) is 21.5. The van der Waals surface area contributed by atoms with Gasteiger partial charge in [-0.05, 0) is 0 Å². The third-order valence-electron chi connectivity index (χ3n) is 7.07. The van der Waals surface area contributed by atoms with Crippen LogP contribution >= 0.6 is 17.2 Å². The van der Waals surface area contributed by atoms with Crippen LogP contribution in [0.2, 0.25) is 4.39 Å². The van der Waals surface area contributed by atoms with E-state index in [9.17, 15) is 0 Å². The van der Waals surface area contributed by atoms with Gasteiger partial charge in [-0.3, -0.25) is 0 Å². The summed E-state index contributed by atoms with van der Waals surface area (Å²) < 4.78 is 11.9. The first-order valence-electron chi connectivity index (χ1n) is 11.9. The topological polar surface area (TPSA) is 18.5 Å². The van der Waals surface area contributed by atoms with Gasteiger partial charge in [-0.25, -0.2) is 0 Å². The van der Waals surface area contributed by atoms with Crippen molar-refractivity contribution >= 4 is 22.7 Å². The van der Waals surface area contributed by atoms with Gasteiger partial charge in [-0.15, -0.1) is 0 Å². The van der Waals surface area contributed by atoms with Gasteiger partial charge in [0.25, 0.3) is 0 Å². The van der Waals surface area contributed by atoms with E-state index in [1.807, 2.05) is 6.07 Å². The van der Waals surface area contributed by atoms with Crippen LogP contribution in [-0.4, -0.2) is 30.4 Å². The van der Waals surface area contributed by atoms with Crippen LogP contribution in [0.25, 0.3) is 5.57 Å². The van der Waals surface area contributed by atoms with Gasteiger partial charge < -0.3 is 0 Å². The average molecular weight is 550 g/mol. The van der Waals surface area contributed by atoms with Crippen molar-refractivity contribution in [1.82, 2.24) is 0 Å². The van der Waals surface area contributed by atoms with Gasteiger partial charge in [0.2, 0.25) is 0 Å². The number of ether oxygens (including phenoxy) is 2. The van der Waals surface area contributed by atoms with Crippen molar-refractivity contribution < 1.29 is 28.7 Å². The van der Waals surface area contributed by atoms with Crippen molar-refractivity contribution in [2.75, 3.05) is 14.2 Å². The zero-order valence-corrected chi connectivity index (χ0v) is 22.5. The Morgan fingerprint density at radius 2 is 1.35 bits per heavy atom. The number of allylic oxidation sites excluding steroid dienone is 4. The Bertz CT molecular complexity index is 752. The van der Waals surface area contributed by atoms with Gasteiger partial charge in [0.05, 0.1) is 0 Å². The molecule has 0 saturated heterocycles. The fourth-order valence-electron chi connectivity index (χ4n) is 5.49. The number of hydrogen-bond acceptors (Lipinski definition) is 2. The summed E-state index contributed by atoms with van der Waals surface area (Å²) in [5.74, 6) is 1.82. The van der Waals surface area contributed by atoms with E-state index in [0.29, 0.717) is 4.39 Å². The summed E-state index contributed by atoms with van der Waals surface area (Å²) in [6.45, 7) is 0. The first kappa shape index (κ1) is 24.0. The van der Waals surface area contributed by atoms with Gasteiger partial charge >= 0.3 is 204 Å². The van der Waals surface area contributed by atoms with Crippen LogP contribution in [0.5, 0.6) is 11.5 Å². The van der Waals surface area contributed by atoms with Gasteiger partial charge in [0.15, 0.2) is 0 Å². The molecule has 0 aliphatic heterocycles. The van der Waals surface area contributed by atoms with Gasteiger partial charge in [-0.2, -0.15) is 0 Å². The average Bonchev–Trinajstić information content (AvgIpc) is 2.82. The zero-order valence-electron chi connectivity index (χ0n) is 18.9. The Labute approximate surface area is 203 Å². The molecule has 2 saturated carbocycles. The molecule has 0 aromatic heterocycles. The van der Waals surface area contributed by atoms with Crippen LogP contribution in [0, 0.1) is 0 Å². The second-order valence-electron chi connectivity index (χ2n) is 9.17. The van der Waals surface area contributed by atoms with E-state index >= 15 is 0 Å². The van der Waals surface area contributed by atoms with E-state index in [2.05, 4.69) is 49.6 Å². The maximum atomic E-state index is 5.80. The number of methoxy groups -OCH3 is 2. The van der Waals surface area contributed by atoms with Crippen molar-refractivity contribution in [3.63, 3.8) is 0 Å². The second kappa shape index (κ2) is 11.3. The standard InChI is InChI=1S/C26H37O2P2.Pd/c1-27-23-16-9-17-24(28-2)25(23)20-11-10-18-26(19-20,29-21-12-5-3-6-13-21)30-22-14-7-4-8-15-22;/h9-11,16-19,21-22,29-30H,3-8,12-15H2,1-2H3;. The molecule has 4 rings (SSSR count). The van der Waals surface area contributed by atoms with E-state index < -0.39 is 0 Å². The molecule has 3 atom stereocenters. The summed E-state index contributed by atoms with van der Waals surface area (Å²) in [7, 11) is 5.53. The fraction of sp³-hybridized carbons (Fsp3) is 0.615. The summed E-state index contributed by atoms with van der Waals surface area (Å²) in [5.41, 5.74) is 4.24. The zero-order chi connectivity index (χ0) is 21.7. The Morgan fingerprint density at radius 3 is 1.84 bits per heavy atom. The van der Waals surface area contributed by atoms with Gasteiger partial charge in [0.1, 0.15) is 0 Å². The van der Waals surface area contributed by atoms with Crippen LogP contribution < -0.4 is 9.47 Å². The SMILES string of the molecule is COc1cccc(OC)c1C1=CC=CC(PC2CCCCC2)(PC2CCCCC2)[CH]1[Pd].